The van der Waals surface area contributed by atoms with Gasteiger partial charge in [-0.2, -0.15) is 0 Å². The standard InChI is InChI=1S/C14H19NO3/c1-10-12(14(16)17-3)13(15(2)9-18-10)11-7-5-4-6-8-11/h4-8,10,12-13H,9H2,1-3H3. The van der Waals surface area contributed by atoms with E-state index < -0.39 is 0 Å². The van der Waals surface area contributed by atoms with Crippen molar-refractivity contribution in [2.75, 3.05) is 20.9 Å². The molecule has 98 valence electrons. The summed E-state index contributed by atoms with van der Waals surface area (Å²) in [7, 11) is 3.38. The van der Waals surface area contributed by atoms with Crippen molar-refractivity contribution in [1.29, 1.82) is 0 Å². The lowest BCUT2D eigenvalue weighted by atomic mass is 9.87. The number of ether oxygens (including phenoxy) is 2. The highest BCUT2D eigenvalue weighted by molar-refractivity contribution is 5.74. The predicted octanol–water partition coefficient (Wildman–Crippen LogP) is 1.82. The first-order chi connectivity index (χ1) is 8.65. The summed E-state index contributed by atoms with van der Waals surface area (Å²) >= 11 is 0. The zero-order valence-corrected chi connectivity index (χ0v) is 11.0. The second-order valence-electron chi connectivity index (χ2n) is 4.66. The van der Waals surface area contributed by atoms with Gasteiger partial charge in [-0.1, -0.05) is 30.3 Å². The number of rotatable bonds is 2. The van der Waals surface area contributed by atoms with Gasteiger partial charge in [0.15, 0.2) is 0 Å². The van der Waals surface area contributed by atoms with Crippen molar-refractivity contribution >= 4 is 5.97 Å². The minimum atomic E-state index is -0.295. The Morgan fingerprint density at radius 3 is 2.67 bits per heavy atom. The van der Waals surface area contributed by atoms with Crippen LogP contribution in [0.4, 0.5) is 0 Å². The molecule has 1 aliphatic rings. The van der Waals surface area contributed by atoms with Crippen molar-refractivity contribution < 1.29 is 14.3 Å². The van der Waals surface area contributed by atoms with Crippen LogP contribution < -0.4 is 0 Å². The lowest BCUT2D eigenvalue weighted by molar-refractivity contribution is -0.171. The highest BCUT2D eigenvalue weighted by Crippen LogP contribution is 2.35. The third-order valence-corrected chi connectivity index (χ3v) is 3.48. The van der Waals surface area contributed by atoms with Gasteiger partial charge in [-0.25, -0.2) is 0 Å². The zero-order chi connectivity index (χ0) is 13.1. The molecule has 1 saturated heterocycles. The molecule has 0 aromatic heterocycles. The Morgan fingerprint density at radius 2 is 2.06 bits per heavy atom. The highest BCUT2D eigenvalue weighted by atomic mass is 16.5. The van der Waals surface area contributed by atoms with Crippen LogP contribution in [0.2, 0.25) is 0 Å². The number of methoxy groups -OCH3 is 1. The molecule has 4 nitrogen and oxygen atoms in total. The van der Waals surface area contributed by atoms with E-state index in [9.17, 15) is 4.79 Å². The van der Waals surface area contributed by atoms with Crippen molar-refractivity contribution in [3.8, 4) is 0 Å². The van der Waals surface area contributed by atoms with Crippen LogP contribution in [0.3, 0.4) is 0 Å². The second kappa shape index (κ2) is 5.50. The molecule has 0 radical (unpaired) electrons. The number of hydrogen-bond acceptors (Lipinski definition) is 4. The molecule has 0 amide bonds. The van der Waals surface area contributed by atoms with E-state index in [1.807, 2.05) is 49.2 Å². The van der Waals surface area contributed by atoms with Gasteiger partial charge in [0.1, 0.15) is 5.92 Å². The van der Waals surface area contributed by atoms with Gasteiger partial charge in [0.2, 0.25) is 0 Å². The van der Waals surface area contributed by atoms with Gasteiger partial charge in [-0.15, -0.1) is 0 Å². The molecule has 1 aromatic rings. The van der Waals surface area contributed by atoms with Gasteiger partial charge in [-0.3, -0.25) is 9.69 Å². The Bertz CT molecular complexity index is 407. The van der Waals surface area contributed by atoms with Crippen molar-refractivity contribution in [1.82, 2.24) is 4.90 Å². The first kappa shape index (κ1) is 13.1. The first-order valence-electron chi connectivity index (χ1n) is 6.09. The lowest BCUT2D eigenvalue weighted by Gasteiger charge is -2.41. The van der Waals surface area contributed by atoms with E-state index in [4.69, 9.17) is 9.47 Å². The van der Waals surface area contributed by atoms with Crippen LogP contribution in [-0.2, 0) is 14.3 Å². The van der Waals surface area contributed by atoms with Crippen LogP contribution in [0.5, 0.6) is 0 Å². The van der Waals surface area contributed by atoms with E-state index in [2.05, 4.69) is 0 Å². The minimum Gasteiger partial charge on any atom is -0.469 e. The third kappa shape index (κ3) is 2.40. The van der Waals surface area contributed by atoms with Crippen molar-refractivity contribution in [3.63, 3.8) is 0 Å². The number of carbonyl (C=O) groups excluding carboxylic acids is 1. The quantitative estimate of drug-likeness (QED) is 0.749. The van der Waals surface area contributed by atoms with Gasteiger partial charge < -0.3 is 9.47 Å². The maximum atomic E-state index is 12.0. The molecular formula is C14H19NO3. The fraction of sp³-hybridized carbons (Fsp3) is 0.500. The van der Waals surface area contributed by atoms with Gasteiger partial charge in [0.25, 0.3) is 0 Å². The maximum absolute atomic E-state index is 12.0. The monoisotopic (exact) mass is 249 g/mol. The summed E-state index contributed by atoms with van der Waals surface area (Å²) in [5.41, 5.74) is 1.12. The second-order valence-corrected chi connectivity index (χ2v) is 4.66. The molecule has 18 heavy (non-hydrogen) atoms. The van der Waals surface area contributed by atoms with E-state index in [0.717, 1.165) is 5.56 Å². The first-order valence-corrected chi connectivity index (χ1v) is 6.09. The molecule has 3 unspecified atom stereocenters. The normalized spacial score (nSPS) is 28.9. The fourth-order valence-electron chi connectivity index (χ4n) is 2.52. The molecular weight excluding hydrogens is 230 g/mol. The maximum Gasteiger partial charge on any atom is 0.313 e. The van der Waals surface area contributed by atoms with Crippen LogP contribution in [0, 0.1) is 5.92 Å². The molecule has 3 atom stereocenters. The average molecular weight is 249 g/mol. The van der Waals surface area contributed by atoms with E-state index >= 15 is 0 Å². The summed E-state index contributed by atoms with van der Waals surface area (Å²) in [4.78, 5) is 14.0. The molecule has 0 saturated carbocycles. The van der Waals surface area contributed by atoms with Gasteiger partial charge in [-0.05, 0) is 19.5 Å². The predicted molar refractivity (Wildman–Crippen MR) is 67.9 cm³/mol. The van der Waals surface area contributed by atoms with Crippen molar-refractivity contribution in [2.24, 2.45) is 5.92 Å². The fourth-order valence-corrected chi connectivity index (χ4v) is 2.52. The summed E-state index contributed by atoms with van der Waals surface area (Å²) in [6, 6.07) is 10.0. The minimum absolute atomic E-state index is 0.00222. The Hall–Kier alpha value is -1.39. The number of nitrogens with zero attached hydrogens (tertiary/aromatic N) is 1. The Labute approximate surface area is 107 Å². The smallest absolute Gasteiger partial charge is 0.313 e. The molecule has 1 aliphatic heterocycles. The molecule has 1 heterocycles. The van der Waals surface area contributed by atoms with Crippen LogP contribution in [0.1, 0.15) is 18.5 Å². The van der Waals surface area contributed by atoms with Crippen molar-refractivity contribution in [2.45, 2.75) is 19.1 Å². The van der Waals surface area contributed by atoms with E-state index in [1.54, 1.807) is 0 Å². The molecule has 0 N–H and O–H groups in total. The topological polar surface area (TPSA) is 38.8 Å². The van der Waals surface area contributed by atoms with Crippen LogP contribution in [0.25, 0.3) is 0 Å². The number of benzene rings is 1. The molecule has 0 aliphatic carbocycles. The Balaban J connectivity index is 2.35. The molecule has 4 heteroatoms. The molecule has 1 aromatic carbocycles. The number of esters is 1. The Kier molecular flexibility index (Phi) is 3.99. The Morgan fingerprint density at radius 1 is 1.39 bits per heavy atom. The summed E-state index contributed by atoms with van der Waals surface area (Å²) < 4.78 is 10.5. The third-order valence-electron chi connectivity index (χ3n) is 3.48. The van der Waals surface area contributed by atoms with Crippen molar-refractivity contribution in [3.05, 3.63) is 35.9 Å². The van der Waals surface area contributed by atoms with Crippen LogP contribution in [0.15, 0.2) is 30.3 Å². The van der Waals surface area contributed by atoms with Gasteiger partial charge in [0.05, 0.1) is 26.0 Å². The largest absolute Gasteiger partial charge is 0.469 e. The average Bonchev–Trinajstić information content (AvgIpc) is 2.41. The summed E-state index contributed by atoms with van der Waals surface area (Å²) in [5.74, 6) is -0.515. The van der Waals surface area contributed by atoms with Crippen LogP contribution in [-0.4, -0.2) is 37.9 Å². The number of hydrogen-bond donors (Lipinski definition) is 0. The zero-order valence-electron chi connectivity index (χ0n) is 11.0. The molecule has 0 bridgehead atoms. The molecule has 0 spiro atoms. The van der Waals surface area contributed by atoms with Crippen LogP contribution >= 0.6 is 0 Å². The van der Waals surface area contributed by atoms with Gasteiger partial charge >= 0.3 is 5.97 Å². The molecule has 1 fully saturated rings. The SMILES string of the molecule is COC(=O)C1C(C)OCN(C)C1c1ccccc1. The van der Waals surface area contributed by atoms with Gasteiger partial charge in [0, 0.05) is 0 Å². The van der Waals surface area contributed by atoms with E-state index in [0.29, 0.717) is 6.73 Å². The lowest BCUT2D eigenvalue weighted by Crippen LogP contribution is -2.48. The summed E-state index contributed by atoms with van der Waals surface area (Å²) in [6.45, 7) is 2.44. The van der Waals surface area contributed by atoms with E-state index in [1.165, 1.54) is 7.11 Å². The summed E-state index contributed by atoms with van der Waals surface area (Å²) in [6.07, 6.45) is -0.140. The highest BCUT2D eigenvalue weighted by Gasteiger charge is 2.41. The number of carbonyl (C=O) groups is 1. The summed E-state index contributed by atoms with van der Waals surface area (Å²) in [5, 5.41) is 0. The van der Waals surface area contributed by atoms with E-state index in [-0.39, 0.29) is 24.0 Å². The molecule has 2 rings (SSSR count).